The van der Waals surface area contributed by atoms with E-state index in [2.05, 4.69) is 44.6 Å². The molecule has 0 unspecified atom stereocenters. The van der Waals surface area contributed by atoms with E-state index in [1.54, 1.807) is 4.68 Å². The third-order valence-corrected chi connectivity index (χ3v) is 5.73. The second kappa shape index (κ2) is 7.31. The van der Waals surface area contributed by atoms with Gasteiger partial charge < -0.3 is 15.0 Å². The van der Waals surface area contributed by atoms with Crippen LogP contribution in [-0.4, -0.2) is 53.5 Å². The van der Waals surface area contributed by atoms with Crippen molar-refractivity contribution in [2.45, 2.75) is 19.8 Å². The average Bonchev–Trinajstić information content (AvgIpc) is 3.31. The van der Waals surface area contributed by atoms with E-state index < -0.39 is 5.41 Å². The molecule has 2 fully saturated rings. The molecule has 1 N–H and O–H groups in total. The van der Waals surface area contributed by atoms with Crippen molar-refractivity contribution in [1.82, 2.24) is 20.1 Å². The lowest BCUT2D eigenvalue weighted by atomic mass is 9.80. The SMILES string of the molecule is Cc1nc(N2C[C@H]3COC[C@@]3(C(=O)NCCCc3ccccc3)C2)n(C)n1. The molecule has 2 aromatic rings. The number of anilines is 1. The first kappa shape index (κ1) is 18.0. The van der Waals surface area contributed by atoms with Crippen molar-refractivity contribution in [1.29, 1.82) is 0 Å². The molecule has 0 aliphatic carbocycles. The molecule has 2 saturated heterocycles. The molecule has 7 nitrogen and oxygen atoms in total. The lowest BCUT2D eigenvalue weighted by Crippen LogP contribution is -2.47. The van der Waals surface area contributed by atoms with Crippen molar-refractivity contribution in [3.63, 3.8) is 0 Å². The average molecular weight is 369 g/mol. The summed E-state index contributed by atoms with van der Waals surface area (Å²) >= 11 is 0. The van der Waals surface area contributed by atoms with E-state index in [-0.39, 0.29) is 11.8 Å². The number of aromatic nitrogens is 3. The second-order valence-electron chi connectivity index (χ2n) is 7.68. The van der Waals surface area contributed by atoms with E-state index in [9.17, 15) is 4.79 Å². The topological polar surface area (TPSA) is 72.3 Å². The Labute approximate surface area is 159 Å². The number of fused-ring (bicyclic) bond motifs is 1. The molecule has 4 rings (SSSR count). The van der Waals surface area contributed by atoms with Crippen LogP contribution in [0.15, 0.2) is 30.3 Å². The zero-order valence-electron chi connectivity index (χ0n) is 16.0. The summed E-state index contributed by atoms with van der Waals surface area (Å²) in [7, 11) is 1.90. The van der Waals surface area contributed by atoms with Crippen molar-refractivity contribution in [3.8, 4) is 0 Å². The number of aryl methyl sites for hydroxylation is 3. The summed E-state index contributed by atoms with van der Waals surface area (Å²) in [6.45, 7) is 5.10. The van der Waals surface area contributed by atoms with Gasteiger partial charge in [0.1, 0.15) is 5.82 Å². The quantitative estimate of drug-likeness (QED) is 0.778. The minimum atomic E-state index is -0.480. The number of nitrogens with one attached hydrogen (secondary N) is 1. The van der Waals surface area contributed by atoms with Crippen LogP contribution in [-0.2, 0) is 23.0 Å². The lowest BCUT2D eigenvalue weighted by molar-refractivity contribution is -0.131. The standard InChI is InChI=1S/C20H27N5O2/c1-15-22-19(24(2)23-15)25-11-17-12-27-14-20(17,13-25)18(26)21-10-6-9-16-7-4-3-5-8-16/h3-5,7-8,17H,6,9-14H2,1-2H3,(H,21,26)/t17-,20-/m0/s1. The highest BCUT2D eigenvalue weighted by atomic mass is 16.5. The summed E-state index contributed by atoms with van der Waals surface area (Å²) < 4.78 is 7.50. The number of nitrogens with zero attached hydrogens (tertiary/aromatic N) is 4. The summed E-state index contributed by atoms with van der Waals surface area (Å²) in [6.07, 6.45) is 1.90. The smallest absolute Gasteiger partial charge is 0.230 e. The third kappa shape index (κ3) is 3.43. The van der Waals surface area contributed by atoms with Crippen LogP contribution >= 0.6 is 0 Å². The first-order valence-corrected chi connectivity index (χ1v) is 9.61. The van der Waals surface area contributed by atoms with Crippen LogP contribution in [0.4, 0.5) is 5.95 Å². The van der Waals surface area contributed by atoms with E-state index in [1.807, 2.05) is 20.0 Å². The van der Waals surface area contributed by atoms with E-state index in [1.165, 1.54) is 5.56 Å². The number of hydrogen-bond donors (Lipinski definition) is 1. The first-order valence-electron chi connectivity index (χ1n) is 9.61. The van der Waals surface area contributed by atoms with E-state index in [0.29, 0.717) is 26.3 Å². The molecule has 144 valence electrons. The molecule has 0 saturated carbocycles. The highest BCUT2D eigenvalue weighted by Gasteiger charge is 2.56. The lowest BCUT2D eigenvalue weighted by Gasteiger charge is -2.26. The molecule has 2 aliphatic rings. The summed E-state index contributed by atoms with van der Waals surface area (Å²) in [5, 5.41) is 7.50. The molecule has 27 heavy (non-hydrogen) atoms. The van der Waals surface area contributed by atoms with Crippen LogP contribution in [0, 0.1) is 18.3 Å². The van der Waals surface area contributed by atoms with Crippen LogP contribution in [0.1, 0.15) is 17.8 Å². The second-order valence-corrected chi connectivity index (χ2v) is 7.68. The number of benzene rings is 1. The number of carbonyl (C=O) groups excluding carboxylic acids is 1. The van der Waals surface area contributed by atoms with Crippen molar-refractivity contribution in [2.24, 2.45) is 18.4 Å². The summed E-state index contributed by atoms with van der Waals surface area (Å²) in [5.74, 6) is 1.89. The number of ether oxygens (including phenoxy) is 1. The Balaban J connectivity index is 1.37. The molecule has 0 radical (unpaired) electrons. The van der Waals surface area contributed by atoms with Gasteiger partial charge in [0.25, 0.3) is 0 Å². The normalized spacial score (nSPS) is 24.2. The van der Waals surface area contributed by atoms with Gasteiger partial charge in [0.15, 0.2) is 0 Å². The minimum Gasteiger partial charge on any atom is -0.380 e. The minimum absolute atomic E-state index is 0.111. The van der Waals surface area contributed by atoms with E-state index in [0.717, 1.165) is 31.2 Å². The molecule has 2 aliphatic heterocycles. The molecule has 1 aromatic heterocycles. The van der Waals surface area contributed by atoms with Gasteiger partial charge in [-0.15, -0.1) is 0 Å². The van der Waals surface area contributed by atoms with Gasteiger partial charge in [0, 0.05) is 32.6 Å². The third-order valence-electron chi connectivity index (χ3n) is 5.73. The molecule has 1 amide bonds. The molecule has 3 heterocycles. The predicted octanol–water partition coefficient (Wildman–Crippen LogP) is 1.33. The molecule has 2 atom stereocenters. The van der Waals surface area contributed by atoms with E-state index >= 15 is 0 Å². The van der Waals surface area contributed by atoms with Gasteiger partial charge in [-0.25, -0.2) is 4.68 Å². The number of carbonyl (C=O) groups is 1. The van der Waals surface area contributed by atoms with Gasteiger partial charge in [0.2, 0.25) is 11.9 Å². The summed E-state index contributed by atoms with van der Waals surface area (Å²) in [6, 6.07) is 10.4. The fourth-order valence-electron chi connectivity index (χ4n) is 4.30. The Bertz CT molecular complexity index is 806. The highest BCUT2D eigenvalue weighted by molar-refractivity contribution is 5.85. The Morgan fingerprint density at radius 1 is 1.37 bits per heavy atom. The molecule has 1 aromatic carbocycles. The van der Waals surface area contributed by atoms with E-state index in [4.69, 9.17) is 4.74 Å². The van der Waals surface area contributed by atoms with Crippen molar-refractivity contribution >= 4 is 11.9 Å². The largest absolute Gasteiger partial charge is 0.380 e. The maximum absolute atomic E-state index is 13.1. The molecule has 0 spiro atoms. The van der Waals surface area contributed by atoms with Crippen molar-refractivity contribution in [3.05, 3.63) is 41.7 Å². The zero-order chi connectivity index (χ0) is 18.9. The first-order chi connectivity index (χ1) is 13.1. The molecular weight excluding hydrogens is 342 g/mol. The fraction of sp³-hybridized carbons (Fsp3) is 0.550. The number of hydrogen-bond acceptors (Lipinski definition) is 5. The van der Waals surface area contributed by atoms with Gasteiger partial charge in [-0.05, 0) is 25.3 Å². The van der Waals surface area contributed by atoms with Crippen LogP contribution < -0.4 is 10.2 Å². The van der Waals surface area contributed by atoms with Gasteiger partial charge in [-0.3, -0.25) is 4.79 Å². The zero-order valence-corrected chi connectivity index (χ0v) is 16.0. The van der Waals surface area contributed by atoms with Gasteiger partial charge in [-0.1, -0.05) is 30.3 Å². The fourth-order valence-corrected chi connectivity index (χ4v) is 4.30. The number of rotatable bonds is 6. The molecule has 7 heteroatoms. The van der Waals surface area contributed by atoms with Crippen LogP contribution in [0.2, 0.25) is 0 Å². The Hall–Kier alpha value is -2.41. The Morgan fingerprint density at radius 2 is 2.19 bits per heavy atom. The van der Waals surface area contributed by atoms with Gasteiger partial charge in [0.05, 0.1) is 18.6 Å². The predicted molar refractivity (Wildman–Crippen MR) is 102 cm³/mol. The summed E-state index contributed by atoms with van der Waals surface area (Å²) in [4.78, 5) is 19.8. The van der Waals surface area contributed by atoms with Gasteiger partial charge in [-0.2, -0.15) is 10.1 Å². The van der Waals surface area contributed by atoms with Crippen LogP contribution in [0.3, 0.4) is 0 Å². The van der Waals surface area contributed by atoms with Gasteiger partial charge >= 0.3 is 0 Å². The maximum atomic E-state index is 13.1. The highest BCUT2D eigenvalue weighted by Crippen LogP contribution is 2.42. The number of amides is 1. The monoisotopic (exact) mass is 369 g/mol. The summed E-state index contributed by atoms with van der Waals surface area (Å²) in [5.41, 5.74) is 0.823. The molecular formula is C20H27N5O2. The van der Waals surface area contributed by atoms with Crippen molar-refractivity contribution in [2.75, 3.05) is 37.7 Å². The Morgan fingerprint density at radius 3 is 2.93 bits per heavy atom. The Kier molecular flexibility index (Phi) is 4.86. The molecule has 0 bridgehead atoms. The maximum Gasteiger partial charge on any atom is 0.230 e. The van der Waals surface area contributed by atoms with Crippen LogP contribution in [0.25, 0.3) is 0 Å². The van der Waals surface area contributed by atoms with Crippen LogP contribution in [0.5, 0.6) is 0 Å². The van der Waals surface area contributed by atoms with Crippen molar-refractivity contribution < 1.29 is 9.53 Å².